The quantitative estimate of drug-likeness (QED) is 0.915. The number of nitrogens with zero attached hydrogens (tertiary/aromatic N) is 2. The molecule has 1 atom stereocenters. The van der Waals surface area contributed by atoms with Crippen molar-refractivity contribution in [2.75, 3.05) is 23.3 Å². The molecule has 1 aromatic rings. The van der Waals surface area contributed by atoms with Crippen LogP contribution in [0.2, 0.25) is 0 Å². The summed E-state index contributed by atoms with van der Waals surface area (Å²) in [4.78, 5) is 29.0. The molecule has 2 saturated heterocycles. The second kappa shape index (κ2) is 7.16. The maximum Gasteiger partial charge on any atom is 0.241 e. The van der Waals surface area contributed by atoms with E-state index in [1.54, 1.807) is 0 Å². The van der Waals surface area contributed by atoms with Gasteiger partial charge in [-0.3, -0.25) is 14.5 Å². The summed E-state index contributed by atoms with van der Waals surface area (Å²) in [5, 5.41) is 3.10. The lowest BCUT2D eigenvalue weighted by atomic mass is 10.1. The van der Waals surface area contributed by atoms with E-state index >= 15 is 0 Å². The number of anilines is 2. The summed E-state index contributed by atoms with van der Waals surface area (Å²) in [5.74, 6) is 0.279. The van der Waals surface area contributed by atoms with Crippen molar-refractivity contribution in [3.63, 3.8) is 0 Å². The zero-order valence-corrected chi connectivity index (χ0v) is 14.7. The summed E-state index contributed by atoms with van der Waals surface area (Å²) >= 11 is 0. The average molecular weight is 341 g/mol. The fourth-order valence-electron chi connectivity index (χ4n) is 4.64. The first-order valence-corrected chi connectivity index (χ1v) is 9.69. The van der Waals surface area contributed by atoms with Gasteiger partial charge in [0.25, 0.3) is 0 Å². The second-order valence-corrected chi connectivity index (χ2v) is 7.52. The standard InChI is InChI=1S/C20H27N3O2/c24-19-11-5-13-23(19)17-9-3-6-15(14-17)21-20(25)18-10-4-12-22(18)16-7-1-2-8-16/h3,6,9,14,16,18H,1-2,4-5,7-8,10-13H2,(H,21,25). The molecule has 1 saturated carbocycles. The molecule has 5 nitrogen and oxygen atoms in total. The number of hydrogen-bond acceptors (Lipinski definition) is 3. The third-order valence-electron chi connectivity index (χ3n) is 5.89. The third-order valence-corrected chi connectivity index (χ3v) is 5.89. The highest BCUT2D eigenvalue weighted by molar-refractivity contribution is 5.98. The topological polar surface area (TPSA) is 52.7 Å². The zero-order valence-electron chi connectivity index (χ0n) is 14.7. The summed E-state index contributed by atoms with van der Waals surface area (Å²) in [6.45, 7) is 1.82. The van der Waals surface area contributed by atoms with Crippen LogP contribution in [0, 0.1) is 0 Å². The van der Waals surface area contributed by atoms with Crippen LogP contribution in [0.3, 0.4) is 0 Å². The molecule has 3 fully saturated rings. The molecular weight excluding hydrogens is 314 g/mol. The Hall–Kier alpha value is -1.88. The van der Waals surface area contributed by atoms with Crippen LogP contribution in [0.1, 0.15) is 51.4 Å². The average Bonchev–Trinajstić information content (AvgIpc) is 3.36. The van der Waals surface area contributed by atoms with Gasteiger partial charge in [-0.15, -0.1) is 0 Å². The van der Waals surface area contributed by atoms with E-state index in [1.807, 2.05) is 29.2 Å². The molecule has 2 heterocycles. The molecule has 4 rings (SSSR count). The van der Waals surface area contributed by atoms with Gasteiger partial charge in [0.2, 0.25) is 11.8 Å². The highest BCUT2D eigenvalue weighted by Gasteiger charge is 2.36. The molecule has 2 aliphatic heterocycles. The lowest BCUT2D eigenvalue weighted by molar-refractivity contribution is -0.121. The van der Waals surface area contributed by atoms with Crippen molar-refractivity contribution in [2.45, 2.75) is 63.5 Å². The van der Waals surface area contributed by atoms with Crippen molar-refractivity contribution in [2.24, 2.45) is 0 Å². The summed E-state index contributed by atoms with van der Waals surface area (Å²) < 4.78 is 0. The Balaban J connectivity index is 1.44. The fourth-order valence-corrected chi connectivity index (χ4v) is 4.64. The van der Waals surface area contributed by atoms with E-state index in [-0.39, 0.29) is 17.9 Å². The van der Waals surface area contributed by atoms with Gasteiger partial charge in [0, 0.05) is 30.4 Å². The van der Waals surface area contributed by atoms with Gasteiger partial charge >= 0.3 is 0 Å². The zero-order chi connectivity index (χ0) is 17.2. The number of rotatable bonds is 4. The van der Waals surface area contributed by atoms with Gasteiger partial charge in [0.05, 0.1) is 6.04 Å². The Morgan fingerprint density at radius 1 is 1.04 bits per heavy atom. The molecule has 0 bridgehead atoms. The van der Waals surface area contributed by atoms with Gasteiger partial charge in [0.1, 0.15) is 0 Å². The number of likely N-dealkylation sites (tertiary alicyclic amines) is 1. The smallest absolute Gasteiger partial charge is 0.241 e. The predicted molar refractivity (Wildman–Crippen MR) is 98.6 cm³/mol. The van der Waals surface area contributed by atoms with Crippen LogP contribution in [0.5, 0.6) is 0 Å². The fraction of sp³-hybridized carbons (Fsp3) is 0.600. The Bertz CT molecular complexity index is 654. The van der Waals surface area contributed by atoms with Gasteiger partial charge in [-0.2, -0.15) is 0 Å². The van der Waals surface area contributed by atoms with Crippen molar-refractivity contribution < 1.29 is 9.59 Å². The monoisotopic (exact) mass is 341 g/mol. The molecule has 1 aliphatic carbocycles. The van der Waals surface area contributed by atoms with Crippen LogP contribution in [0.25, 0.3) is 0 Å². The molecular formula is C20H27N3O2. The molecule has 1 aromatic carbocycles. The van der Waals surface area contributed by atoms with E-state index in [0.717, 1.165) is 43.7 Å². The normalized spacial score (nSPS) is 25.0. The number of amides is 2. The van der Waals surface area contributed by atoms with Crippen LogP contribution >= 0.6 is 0 Å². The lowest BCUT2D eigenvalue weighted by Crippen LogP contribution is -2.44. The van der Waals surface area contributed by atoms with Gasteiger partial charge in [-0.25, -0.2) is 0 Å². The minimum Gasteiger partial charge on any atom is -0.325 e. The van der Waals surface area contributed by atoms with E-state index in [1.165, 1.54) is 25.7 Å². The Morgan fingerprint density at radius 2 is 1.88 bits per heavy atom. The molecule has 0 radical (unpaired) electrons. The predicted octanol–water partition coefficient (Wildman–Crippen LogP) is 3.16. The number of nitrogens with one attached hydrogen (secondary N) is 1. The Kier molecular flexibility index (Phi) is 4.75. The van der Waals surface area contributed by atoms with Gasteiger partial charge < -0.3 is 10.2 Å². The largest absolute Gasteiger partial charge is 0.325 e. The third kappa shape index (κ3) is 3.43. The SMILES string of the molecule is O=C(Nc1cccc(N2CCCC2=O)c1)C1CCCN1C1CCCC1. The minimum absolute atomic E-state index is 0.000162. The van der Waals surface area contributed by atoms with E-state index < -0.39 is 0 Å². The van der Waals surface area contributed by atoms with Gasteiger partial charge in [-0.05, 0) is 56.8 Å². The Labute approximate surface area is 149 Å². The molecule has 5 heteroatoms. The first-order valence-electron chi connectivity index (χ1n) is 9.69. The maximum atomic E-state index is 12.8. The first kappa shape index (κ1) is 16.6. The van der Waals surface area contributed by atoms with E-state index in [4.69, 9.17) is 0 Å². The van der Waals surface area contributed by atoms with Crippen molar-refractivity contribution in [1.29, 1.82) is 0 Å². The second-order valence-electron chi connectivity index (χ2n) is 7.52. The molecule has 2 amide bonds. The van der Waals surface area contributed by atoms with Gasteiger partial charge in [-0.1, -0.05) is 18.9 Å². The maximum absolute atomic E-state index is 12.8. The minimum atomic E-state index is 0.000162. The Morgan fingerprint density at radius 3 is 2.64 bits per heavy atom. The van der Waals surface area contributed by atoms with Crippen LogP contribution < -0.4 is 10.2 Å². The van der Waals surface area contributed by atoms with Gasteiger partial charge in [0.15, 0.2) is 0 Å². The van der Waals surface area contributed by atoms with Crippen molar-refractivity contribution in [3.8, 4) is 0 Å². The highest BCUT2D eigenvalue weighted by atomic mass is 16.2. The molecule has 3 aliphatic rings. The highest BCUT2D eigenvalue weighted by Crippen LogP contribution is 2.31. The molecule has 134 valence electrons. The number of carbonyl (C=O) groups is 2. The van der Waals surface area contributed by atoms with E-state index in [9.17, 15) is 9.59 Å². The molecule has 0 spiro atoms. The first-order chi connectivity index (χ1) is 12.2. The van der Waals surface area contributed by atoms with E-state index in [2.05, 4.69) is 10.2 Å². The molecule has 25 heavy (non-hydrogen) atoms. The van der Waals surface area contributed by atoms with Crippen molar-refractivity contribution in [3.05, 3.63) is 24.3 Å². The van der Waals surface area contributed by atoms with Crippen molar-refractivity contribution >= 4 is 23.2 Å². The van der Waals surface area contributed by atoms with Crippen LogP contribution in [0.15, 0.2) is 24.3 Å². The van der Waals surface area contributed by atoms with Crippen molar-refractivity contribution in [1.82, 2.24) is 4.90 Å². The summed E-state index contributed by atoms with van der Waals surface area (Å²) in [6.07, 6.45) is 8.64. The molecule has 1 N–H and O–H groups in total. The summed E-state index contributed by atoms with van der Waals surface area (Å²) in [7, 11) is 0. The summed E-state index contributed by atoms with van der Waals surface area (Å²) in [5.41, 5.74) is 1.68. The van der Waals surface area contributed by atoms with Crippen LogP contribution in [-0.2, 0) is 9.59 Å². The number of hydrogen-bond donors (Lipinski definition) is 1. The van der Waals surface area contributed by atoms with E-state index in [0.29, 0.717) is 12.5 Å². The number of carbonyl (C=O) groups excluding carboxylic acids is 2. The van der Waals surface area contributed by atoms with Crippen LogP contribution in [0.4, 0.5) is 11.4 Å². The lowest BCUT2D eigenvalue weighted by Gasteiger charge is -2.29. The van der Waals surface area contributed by atoms with Crippen LogP contribution in [-0.4, -0.2) is 41.9 Å². The number of benzene rings is 1. The molecule has 0 aromatic heterocycles. The summed E-state index contributed by atoms with van der Waals surface area (Å²) in [6, 6.07) is 8.29. The molecule has 1 unspecified atom stereocenters.